The largest absolute Gasteiger partial charge is 0.463 e. The predicted molar refractivity (Wildman–Crippen MR) is 132 cm³/mol. The highest BCUT2D eigenvalue weighted by atomic mass is 16.5. The summed E-state index contributed by atoms with van der Waals surface area (Å²) in [6, 6.07) is 11.8. The third-order valence-corrected chi connectivity index (χ3v) is 5.30. The average molecular weight is 452 g/mol. The number of nitrogens with zero attached hydrogens (tertiary/aromatic N) is 1. The number of benzene rings is 1. The molecular weight excluding hydrogens is 414 g/mol. The van der Waals surface area contributed by atoms with E-state index in [0.717, 1.165) is 49.8 Å². The Hall–Kier alpha value is -2.95. The SMILES string of the molecule is CCC/C=C/CCCCC(=O)Oc1ccc(-c2ccc(CCC(C)OC(=O)CC)cc2)nc1. The first kappa shape index (κ1) is 26.3. The minimum absolute atomic E-state index is 0.0864. The lowest BCUT2D eigenvalue weighted by molar-refractivity contribution is -0.148. The third-order valence-electron chi connectivity index (χ3n) is 5.30. The quantitative estimate of drug-likeness (QED) is 0.179. The van der Waals surface area contributed by atoms with Gasteiger partial charge in [-0.2, -0.15) is 0 Å². The summed E-state index contributed by atoms with van der Waals surface area (Å²) in [7, 11) is 0. The number of carbonyl (C=O) groups is 2. The number of rotatable bonds is 14. The van der Waals surface area contributed by atoms with Gasteiger partial charge in [-0.3, -0.25) is 14.6 Å². The van der Waals surface area contributed by atoms with Crippen LogP contribution >= 0.6 is 0 Å². The van der Waals surface area contributed by atoms with Crippen molar-refractivity contribution in [2.24, 2.45) is 0 Å². The van der Waals surface area contributed by atoms with Crippen LogP contribution in [0.2, 0.25) is 0 Å². The molecule has 0 saturated heterocycles. The number of carbonyl (C=O) groups excluding carboxylic acids is 2. The number of aryl methyl sites for hydroxylation is 1. The lowest BCUT2D eigenvalue weighted by Crippen LogP contribution is -2.14. The van der Waals surface area contributed by atoms with Crippen molar-refractivity contribution in [3.8, 4) is 17.0 Å². The van der Waals surface area contributed by atoms with Crippen molar-refractivity contribution in [3.63, 3.8) is 0 Å². The molecule has 0 radical (unpaired) electrons. The second-order valence-corrected chi connectivity index (χ2v) is 8.25. The van der Waals surface area contributed by atoms with Crippen LogP contribution in [0.25, 0.3) is 11.3 Å². The molecule has 1 aromatic heterocycles. The molecule has 1 heterocycles. The van der Waals surface area contributed by atoms with Gasteiger partial charge in [-0.05, 0) is 63.1 Å². The van der Waals surface area contributed by atoms with Gasteiger partial charge in [0.1, 0.15) is 5.75 Å². The lowest BCUT2D eigenvalue weighted by Gasteiger charge is -2.12. The zero-order valence-electron chi connectivity index (χ0n) is 20.2. The second kappa shape index (κ2) is 15.0. The van der Waals surface area contributed by atoms with Gasteiger partial charge in [-0.15, -0.1) is 0 Å². The van der Waals surface area contributed by atoms with E-state index in [1.54, 1.807) is 19.2 Å². The number of ether oxygens (including phenoxy) is 2. The fourth-order valence-corrected chi connectivity index (χ4v) is 3.31. The highest BCUT2D eigenvalue weighted by Crippen LogP contribution is 2.21. The zero-order chi connectivity index (χ0) is 23.9. The van der Waals surface area contributed by atoms with Gasteiger partial charge >= 0.3 is 11.9 Å². The molecule has 1 unspecified atom stereocenters. The fraction of sp³-hybridized carbons (Fsp3) is 0.464. The van der Waals surface area contributed by atoms with Crippen molar-refractivity contribution in [1.29, 1.82) is 0 Å². The fourth-order valence-electron chi connectivity index (χ4n) is 3.31. The summed E-state index contributed by atoms with van der Waals surface area (Å²) in [5.74, 6) is 0.0948. The van der Waals surface area contributed by atoms with Crippen LogP contribution < -0.4 is 4.74 Å². The zero-order valence-corrected chi connectivity index (χ0v) is 20.2. The minimum Gasteiger partial charge on any atom is -0.463 e. The van der Waals surface area contributed by atoms with Gasteiger partial charge in [0.15, 0.2) is 0 Å². The Kier molecular flexibility index (Phi) is 11.9. The molecular formula is C28H37NO4. The van der Waals surface area contributed by atoms with E-state index in [-0.39, 0.29) is 18.0 Å². The summed E-state index contributed by atoms with van der Waals surface area (Å²) in [5, 5.41) is 0. The van der Waals surface area contributed by atoms with Crippen LogP contribution in [-0.2, 0) is 20.7 Å². The van der Waals surface area contributed by atoms with Crippen molar-refractivity contribution < 1.29 is 19.1 Å². The molecule has 0 N–H and O–H groups in total. The van der Waals surface area contributed by atoms with Gasteiger partial charge in [0, 0.05) is 18.4 Å². The maximum absolute atomic E-state index is 12.0. The van der Waals surface area contributed by atoms with Crippen molar-refractivity contribution in [2.75, 3.05) is 0 Å². The van der Waals surface area contributed by atoms with Gasteiger partial charge in [0.05, 0.1) is 18.0 Å². The van der Waals surface area contributed by atoms with E-state index < -0.39 is 0 Å². The molecule has 1 atom stereocenters. The van der Waals surface area contributed by atoms with E-state index in [2.05, 4.69) is 36.2 Å². The maximum Gasteiger partial charge on any atom is 0.311 e. The van der Waals surface area contributed by atoms with Crippen LogP contribution in [0.4, 0.5) is 0 Å². The Morgan fingerprint density at radius 1 is 0.970 bits per heavy atom. The topological polar surface area (TPSA) is 65.5 Å². The molecule has 5 nitrogen and oxygen atoms in total. The van der Waals surface area contributed by atoms with E-state index in [4.69, 9.17) is 9.47 Å². The van der Waals surface area contributed by atoms with Crippen LogP contribution in [-0.4, -0.2) is 23.0 Å². The number of unbranched alkanes of at least 4 members (excludes halogenated alkanes) is 3. The number of aromatic nitrogens is 1. The Morgan fingerprint density at radius 2 is 1.73 bits per heavy atom. The van der Waals surface area contributed by atoms with E-state index >= 15 is 0 Å². The van der Waals surface area contributed by atoms with Crippen LogP contribution in [0.1, 0.15) is 77.7 Å². The molecule has 1 aromatic carbocycles. The van der Waals surface area contributed by atoms with Crippen LogP contribution in [0.15, 0.2) is 54.7 Å². The van der Waals surface area contributed by atoms with Gasteiger partial charge in [-0.25, -0.2) is 0 Å². The normalized spacial score (nSPS) is 12.0. The summed E-state index contributed by atoms with van der Waals surface area (Å²) < 4.78 is 10.7. The molecule has 0 spiro atoms. The van der Waals surface area contributed by atoms with Gasteiger partial charge in [-0.1, -0.05) is 56.7 Å². The van der Waals surface area contributed by atoms with Crippen molar-refractivity contribution >= 4 is 11.9 Å². The Labute approximate surface area is 198 Å². The van der Waals surface area contributed by atoms with Crippen molar-refractivity contribution in [1.82, 2.24) is 4.98 Å². The number of pyridine rings is 1. The molecule has 2 aromatic rings. The van der Waals surface area contributed by atoms with Crippen molar-refractivity contribution in [2.45, 2.75) is 84.7 Å². The maximum atomic E-state index is 12.0. The molecule has 33 heavy (non-hydrogen) atoms. The number of hydrogen-bond acceptors (Lipinski definition) is 5. The van der Waals surface area contributed by atoms with E-state index in [0.29, 0.717) is 18.6 Å². The third kappa shape index (κ3) is 10.5. The Balaban J connectivity index is 1.76. The standard InChI is InChI=1S/C28H37NO4/c1-4-6-7-8-9-10-11-12-28(31)33-25-19-20-26(29-21-25)24-17-15-23(16-18-24)14-13-22(3)32-27(30)5-2/h7-8,15-22H,4-6,9-14H2,1-3H3/b8-7+. The van der Waals surface area contributed by atoms with Gasteiger partial charge in [0.25, 0.3) is 0 Å². The summed E-state index contributed by atoms with van der Waals surface area (Å²) in [5.41, 5.74) is 3.01. The molecule has 0 aliphatic rings. The summed E-state index contributed by atoms with van der Waals surface area (Å²) >= 11 is 0. The van der Waals surface area contributed by atoms with Crippen molar-refractivity contribution in [3.05, 3.63) is 60.3 Å². The van der Waals surface area contributed by atoms with Crippen LogP contribution in [0.5, 0.6) is 5.75 Å². The van der Waals surface area contributed by atoms with E-state index in [1.165, 1.54) is 12.0 Å². The second-order valence-electron chi connectivity index (χ2n) is 8.25. The smallest absolute Gasteiger partial charge is 0.311 e. The van der Waals surface area contributed by atoms with Gasteiger partial charge in [0.2, 0.25) is 0 Å². The molecule has 0 aliphatic carbocycles. The first-order valence-corrected chi connectivity index (χ1v) is 12.1. The Morgan fingerprint density at radius 3 is 2.39 bits per heavy atom. The highest BCUT2D eigenvalue weighted by molar-refractivity contribution is 5.72. The molecule has 5 heteroatoms. The summed E-state index contributed by atoms with van der Waals surface area (Å²) in [4.78, 5) is 27.8. The number of hydrogen-bond donors (Lipinski definition) is 0. The molecule has 2 rings (SSSR count). The first-order valence-electron chi connectivity index (χ1n) is 12.1. The molecule has 0 fully saturated rings. The number of allylic oxidation sites excluding steroid dienone is 2. The van der Waals surface area contributed by atoms with Crippen LogP contribution in [0, 0.1) is 0 Å². The van der Waals surface area contributed by atoms with Gasteiger partial charge < -0.3 is 9.47 Å². The Bertz CT molecular complexity index is 872. The minimum atomic E-state index is -0.217. The summed E-state index contributed by atoms with van der Waals surface area (Å²) in [6.07, 6.45) is 13.5. The lowest BCUT2D eigenvalue weighted by atomic mass is 10.0. The van der Waals surface area contributed by atoms with E-state index in [9.17, 15) is 9.59 Å². The van der Waals surface area contributed by atoms with Crippen LogP contribution in [0.3, 0.4) is 0 Å². The summed E-state index contributed by atoms with van der Waals surface area (Å²) in [6.45, 7) is 5.89. The monoisotopic (exact) mass is 451 g/mol. The molecule has 0 amide bonds. The molecule has 0 saturated carbocycles. The molecule has 0 aliphatic heterocycles. The molecule has 178 valence electrons. The first-order chi connectivity index (χ1) is 16.0. The highest BCUT2D eigenvalue weighted by Gasteiger charge is 2.09. The average Bonchev–Trinajstić information content (AvgIpc) is 2.83. The molecule has 0 bridgehead atoms. The predicted octanol–water partition coefficient (Wildman–Crippen LogP) is 6.85. The number of esters is 2. The van der Waals surface area contributed by atoms with E-state index in [1.807, 2.05) is 25.1 Å².